The van der Waals surface area contributed by atoms with E-state index in [9.17, 15) is 28.8 Å². The average molecular weight is 1680 g/mol. The molecule has 1 aliphatic carbocycles. The molecule has 4 aliphatic rings. The van der Waals surface area contributed by atoms with Crippen LogP contribution in [0.4, 0.5) is 4.39 Å². The molecule has 14 rings (SSSR count). The van der Waals surface area contributed by atoms with E-state index in [0.717, 1.165) is 64.5 Å². The van der Waals surface area contributed by atoms with Gasteiger partial charge in [0.05, 0.1) is 24.2 Å². The monoisotopic (exact) mass is 1680 g/mol. The molecule has 6 amide bonds. The lowest BCUT2D eigenvalue weighted by molar-refractivity contribution is -0.138. The molecule has 3 aliphatic heterocycles. The Labute approximate surface area is 727 Å². The minimum Gasteiger partial charge on any atom is -0.370 e. The van der Waals surface area contributed by atoms with Gasteiger partial charge in [-0.25, -0.2) is 4.39 Å². The van der Waals surface area contributed by atoms with Crippen molar-refractivity contribution in [1.82, 2.24) is 46.6 Å². The fourth-order valence-electron chi connectivity index (χ4n) is 17.7. The average Bonchev–Trinajstić information content (AvgIpc) is 1.20. The predicted octanol–water partition coefficient (Wildman–Crippen LogP) is 11.4. The van der Waals surface area contributed by atoms with E-state index in [-0.39, 0.29) is 89.4 Å². The normalized spacial score (nSPS) is 18.8. The number of fused-ring (bicyclic) bond motifs is 3. The lowest BCUT2D eigenvalue weighted by Crippen LogP contribution is -2.54. The van der Waals surface area contributed by atoms with Crippen molar-refractivity contribution in [1.29, 1.82) is 0 Å². The number of carbonyl (C=O) groups is 6. The van der Waals surface area contributed by atoms with E-state index in [0.29, 0.717) is 131 Å². The van der Waals surface area contributed by atoms with Crippen molar-refractivity contribution in [2.75, 3.05) is 58.9 Å². The number of guanidine groups is 3. The molecule has 0 unspecified atom stereocenters. The van der Waals surface area contributed by atoms with Crippen LogP contribution in [0.2, 0.25) is 0 Å². The minimum atomic E-state index is -1.95. The Kier molecular flexibility index (Phi) is 32.9. The highest BCUT2D eigenvalue weighted by Gasteiger charge is 2.47. The molecule has 1 saturated carbocycles. The lowest BCUT2D eigenvalue weighted by atomic mass is 9.81. The molecule has 3 heterocycles. The first kappa shape index (κ1) is 90.6. The number of nitrogens with zero attached hydrogens (tertiary/aromatic N) is 6. The third-order valence-corrected chi connectivity index (χ3v) is 24.3. The zero-order valence-corrected chi connectivity index (χ0v) is 71.2. The maximum Gasteiger partial charge on any atom is 0.251 e. The van der Waals surface area contributed by atoms with Crippen LogP contribution in [0, 0.1) is 0 Å². The molecule has 24 nitrogen and oxygen atoms in total. The van der Waals surface area contributed by atoms with E-state index >= 15 is 4.39 Å². The molecular weight excluding hydrogens is 1560 g/mol. The van der Waals surface area contributed by atoms with Crippen molar-refractivity contribution in [2.45, 2.75) is 170 Å². The summed E-state index contributed by atoms with van der Waals surface area (Å²) in [5.41, 5.74) is 36.2. The predicted molar refractivity (Wildman–Crippen MR) is 495 cm³/mol. The first-order chi connectivity index (χ1) is 60.2. The second-order valence-electron chi connectivity index (χ2n) is 32.8. The Balaban J connectivity index is 0.000000171. The van der Waals surface area contributed by atoms with Gasteiger partial charge in [0, 0.05) is 112 Å². The summed E-state index contributed by atoms with van der Waals surface area (Å²) in [4.78, 5) is 99.1. The van der Waals surface area contributed by atoms with Crippen LogP contribution in [-0.4, -0.2) is 181 Å². The number of rotatable bonds is 30. The van der Waals surface area contributed by atoms with Crippen LogP contribution >= 0.6 is 0 Å². The summed E-state index contributed by atoms with van der Waals surface area (Å²) in [5, 5.41) is 26.1. The molecule has 18 N–H and O–H groups in total. The lowest BCUT2D eigenvalue weighted by Gasteiger charge is -2.40. The van der Waals surface area contributed by atoms with Crippen LogP contribution in [0.5, 0.6) is 0 Å². The zero-order chi connectivity index (χ0) is 87.3. The summed E-state index contributed by atoms with van der Waals surface area (Å²) in [6.45, 7) is 8.04. The van der Waals surface area contributed by atoms with Crippen LogP contribution in [0.3, 0.4) is 0 Å². The Bertz CT molecular complexity index is 5180. The van der Waals surface area contributed by atoms with E-state index in [1.807, 2.05) is 205 Å². The second-order valence-corrected chi connectivity index (χ2v) is 32.8. The van der Waals surface area contributed by atoms with E-state index in [4.69, 9.17) is 34.4 Å². The number of carbonyl (C=O) groups excluding carboxylic acids is 6. The second kappa shape index (κ2) is 45.0. The summed E-state index contributed by atoms with van der Waals surface area (Å²) in [5.74, 6) is -0.259. The number of hydrogen-bond donors (Lipinski definition) is 12. The standard InChI is InChI=1S/C36H41FN6O2.C36H42N6O2.C27H38N6O2/c1-25(36(37,29-13-4-2-5-14-29)30-15-6-3-7-16-30)43-22-20-31(42-32(34(43)45)17-10-21-40-35(38)39)24-41-33(44)28-19-18-26-11-8-9-12-27(26)23-28;1-25(33(27-12-4-2-5-13-27)28-14-6-3-7-15-28)42-22-20-31(41-32(35(42)44)17-10-21-39-36(37)38)24-40-34(43)30-19-18-26-11-8-9-16-29(26)23-30;28-27(29)30-15-6-11-24-26(35)33(23-9-2-1-3-10-23)16-14-22(32-24)18-31-25(34)21-13-12-19-7-4-5-8-20(19)17-21/h2-9,11-16,18-19,23,25,31-32,42H,10,17,20-22,24H2,1H3,(H,41,44)(H4,38,39,40);2-9,11-16,18-19,23,25,31-33,41H,10,17,20-22,24H2,1H3,(H,40,43)(H4,37,38,39);4-5,7-8,12-13,17,22-24,32H,1-3,6,9-11,14-16,18H2,(H,31,34)(H4,28,29,30)/t2*25-,31+,32+;22-,24-/m110/s1. The molecule has 650 valence electrons. The Hall–Kier alpha value is -12.6. The van der Waals surface area contributed by atoms with Gasteiger partial charge in [-0.1, -0.05) is 232 Å². The van der Waals surface area contributed by atoms with Crippen LogP contribution in [0.15, 0.2) is 264 Å². The third-order valence-electron chi connectivity index (χ3n) is 24.3. The molecule has 10 aromatic rings. The molecule has 0 bridgehead atoms. The Morgan fingerprint density at radius 2 is 0.726 bits per heavy atom. The van der Waals surface area contributed by atoms with E-state index in [1.54, 1.807) is 36.1 Å². The van der Waals surface area contributed by atoms with Crippen LogP contribution in [-0.2, 0) is 20.1 Å². The van der Waals surface area contributed by atoms with Crippen molar-refractivity contribution < 1.29 is 33.2 Å². The molecule has 124 heavy (non-hydrogen) atoms. The van der Waals surface area contributed by atoms with Gasteiger partial charge in [-0.2, -0.15) is 0 Å². The van der Waals surface area contributed by atoms with Crippen molar-refractivity contribution in [2.24, 2.45) is 49.4 Å². The molecule has 10 aromatic carbocycles. The smallest absolute Gasteiger partial charge is 0.251 e. The highest BCUT2D eigenvalue weighted by atomic mass is 19.1. The van der Waals surface area contributed by atoms with Crippen molar-refractivity contribution in [3.8, 4) is 0 Å². The van der Waals surface area contributed by atoms with Gasteiger partial charge >= 0.3 is 0 Å². The largest absolute Gasteiger partial charge is 0.370 e. The van der Waals surface area contributed by atoms with Gasteiger partial charge in [0.25, 0.3) is 17.7 Å². The van der Waals surface area contributed by atoms with Crippen LogP contribution < -0.4 is 66.3 Å². The van der Waals surface area contributed by atoms with Gasteiger partial charge in [0.1, 0.15) is 0 Å². The topological polar surface area (TPSA) is 378 Å². The Morgan fingerprint density at radius 1 is 0.403 bits per heavy atom. The number of nitrogens with two attached hydrogens (primary N) is 6. The van der Waals surface area contributed by atoms with E-state index in [2.05, 4.69) is 83.0 Å². The highest BCUT2D eigenvalue weighted by molar-refractivity contribution is 6.00. The minimum absolute atomic E-state index is 0.00684. The van der Waals surface area contributed by atoms with Crippen LogP contribution in [0.1, 0.15) is 163 Å². The summed E-state index contributed by atoms with van der Waals surface area (Å²) in [6.07, 6.45) is 11.4. The van der Waals surface area contributed by atoms with Crippen molar-refractivity contribution in [3.05, 3.63) is 288 Å². The first-order valence-corrected chi connectivity index (χ1v) is 43.8. The molecule has 8 atom stereocenters. The van der Waals surface area contributed by atoms with E-state index < -0.39 is 23.8 Å². The zero-order valence-electron chi connectivity index (χ0n) is 71.2. The molecule has 4 fully saturated rings. The summed E-state index contributed by atoms with van der Waals surface area (Å²) >= 11 is 0. The number of nitrogens with one attached hydrogen (secondary N) is 6. The highest BCUT2D eigenvalue weighted by Crippen LogP contribution is 2.41. The summed E-state index contributed by atoms with van der Waals surface area (Å²) in [7, 11) is 0. The first-order valence-electron chi connectivity index (χ1n) is 43.8. The number of hydrogen-bond acceptors (Lipinski definition) is 12. The maximum absolute atomic E-state index is 17.6. The fourth-order valence-corrected chi connectivity index (χ4v) is 17.7. The van der Waals surface area contributed by atoms with Gasteiger partial charge in [0.2, 0.25) is 17.7 Å². The van der Waals surface area contributed by atoms with Gasteiger partial charge in [0.15, 0.2) is 23.5 Å². The molecule has 0 radical (unpaired) electrons. The Morgan fingerprint density at radius 3 is 1.10 bits per heavy atom. The van der Waals surface area contributed by atoms with Gasteiger partial charge < -0.3 is 81.0 Å². The van der Waals surface area contributed by atoms with Gasteiger partial charge in [-0.05, 0) is 175 Å². The quantitative estimate of drug-likeness (QED) is 0.0113. The van der Waals surface area contributed by atoms with Gasteiger partial charge in [-0.3, -0.25) is 43.7 Å². The van der Waals surface area contributed by atoms with Crippen molar-refractivity contribution in [3.63, 3.8) is 0 Å². The number of halogens is 1. The maximum atomic E-state index is 17.6. The van der Waals surface area contributed by atoms with Crippen molar-refractivity contribution >= 4 is 85.6 Å². The molecular formula is C99H121FN18O6. The fraction of sp³-hybridized carbons (Fsp3) is 0.364. The molecule has 0 aromatic heterocycles. The van der Waals surface area contributed by atoms with E-state index in [1.165, 1.54) is 30.4 Å². The SMILES string of the molecule is C[C@@H](N1CC[C@@H](CNC(=O)c2ccc3ccccc3c2)N[C@@H](CCCN=C(N)N)C1=O)C(F)(c1ccccc1)c1ccccc1.C[C@H](C(c1ccccc1)c1ccccc1)N1CC[C@@H](CNC(=O)c2ccc3ccccc3c2)N[C@@H](CCCN=C(N)N)C1=O.NC(N)=NCCC[C@@H]1N[C@H](CNC(=O)c2ccc3ccccc3c2)CCN(C2CCCCC2)C1=O. The van der Waals surface area contributed by atoms with Crippen LogP contribution in [0.25, 0.3) is 32.3 Å². The summed E-state index contributed by atoms with van der Waals surface area (Å²) in [6, 6.07) is 77.5. The number of amides is 6. The number of alkyl halides is 1. The number of benzene rings is 10. The summed E-state index contributed by atoms with van der Waals surface area (Å²) < 4.78 is 17.6. The van der Waals surface area contributed by atoms with Gasteiger partial charge in [-0.15, -0.1) is 0 Å². The molecule has 3 saturated heterocycles. The number of aliphatic imine (C=N–C) groups is 3. The molecule has 25 heteroatoms. The molecule has 0 spiro atoms. The third kappa shape index (κ3) is 24.7.